The van der Waals surface area contributed by atoms with Gasteiger partial charge in [-0.15, -0.1) is 24.4 Å². The summed E-state index contributed by atoms with van der Waals surface area (Å²) in [5.41, 5.74) is 5.44. The molecule has 0 aromatic carbocycles. The van der Waals surface area contributed by atoms with Crippen LogP contribution in [0.5, 0.6) is 0 Å². The Labute approximate surface area is 56.5 Å². The van der Waals surface area contributed by atoms with Gasteiger partial charge in [0.05, 0.1) is 0 Å². The average molecular weight is 154 g/mol. The van der Waals surface area contributed by atoms with E-state index in [1.54, 1.807) is 11.8 Å². The number of nitrogens with one attached hydrogen (secondary N) is 1. The molecule has 1 saturated heterocycles. The molecule has 0 amide bonds. The minimum atomic E-state index is 0.169. The number of thioether (sulfide) groups is 1. The van der Waals surface area contributed by atoms with E-state index in [0.717, 1.165) is 0 Å². The van der Waals surface area contributed by atoms with Crippen molar-refractivity contribution in [2.45, 2.75) is 9.41 Å². The van der Waals surface area contributed by atoms with Gasteiger partial charge in [0, 0.05) is 0 Å². The van der Waals surface area contributed by atoms with Gasteiger partial charge in [-0.2, -0.15) is 0 Å². The van der Waals surface area contributed by atoms with E-state index in [-0.39, 0.29) is 9.41 Å². The van der Waals surface area contributed by atoms with Gasteiger partial charge < -0.3 is 5.73 Å². The molecule has 1 rings (SSSR count). The molecule has 1 aliphatic heterocycles. The predicted molar refractivity (Wildman–Crippen MR) is 39.1 cm³/mol. The molecule has 3 N–H and O–H groups in total. The zero-order valence-electron chi connectivity index (χ0n) is 3.50. The molecule has 0 aromatic heterocycles. The van der Waals surface area contributed by atoms with Crippen molar-refractivity contribution in [1.82, 2.24) is 4.72 Å². The predicted octanol–water partition coefficient (Wildman–Crippen LogP) is 0.427. The zero-order valence-corrected chi connectivity index (χ0v) is 6.02. The highest BCUT2D eigenvalue weighted by Crippen LogP contribution is 2.30. The zero-order chi connectivity index (χ0) is 5.28. The van der Waals surface area contributed by atoms with Crippen LogP contribution in [0.4, 0.5) is 0 Å². The minimum Gasteiger partial charge on any atom is -0.310 e. The molecule has 2 unspecified atom stereocenters. The third-order valence-corrected chi connectivity index (χ3v) is 3.24. The molecular weight excluding hydrogens is 148 g/mol. The number of thiol groups is 1. The fourth-order valence-electron chi connectivity index (χ4n) is 0.308. The van der Waals surface area contributed by atoms with Crippen LogP contribution in [0, 0.1) is 0 Å². The summed E-state index contributed by atoms with van der Waals surface area (Å²) in [7, 11) is 0. The Morgan fingerprint density at radius 3 is 2.57 bits per heavy atom. The molecule has 2 atom stereocenters. The Kier molecular flexibility index (Phi) is 2.18. The van der Waals surface area contributed by atoms with Crippen molar-refractivity contribution in [3.63, 3.8) is 0 Å². The van der Waals surface area contributed by atoms with E-state index in [2.05, 4.69) is 17.4 Å². The lowest BCUT2D eigenvalue weighted by atomic mass is 11.5. The third-order valence-electron chi connectivity index (χ3n) is 0.548. The quantitative estimate of drug-likeness (QED) is 0.349. The van der Waals surface area contributed by atoms with Crippen molar-refractivity contribution in [2.24, 2.45) is 5.73 Å². The number of rotatable bonds is 0. The third kappa shape index (κ3) is 1.73. The van der Waals surface area contributed by atoms with Crippen molar-refractivity contribution < 1.29 is 0 Å². The maximum atomic E-state index is 5.44. The Morgan fingerprint density at radius 1 is 1.71 bits per heavy atom. The lowest BCUT2D eigenvalue weighted by molar-refractivity contribution is 1.20. The smallest absolute Gasteiger partial charge is 0.114 e. The van der Waals surface area contributed by atoms with Gasteiger partial charge in [0.2, 0.25) is 0 Å². The molecule has 5 heteroatoms. The Morgan fingerprint density at radius 2 is 2.43 bits per heavy atom. The van der Waals surface area contributed by atoms with Gasteiger partial charge in [-0.1, -0.05) is 0 Å². The molecule has 0 saturated carbocycles. The largest absolute Gasteiger partial charge is 0.310 e. The first-order chi connectivity index (χ1) is 3.29. The molecule has 0 bridgehead atoms. The number of nitrogens with two attached hydrogens (primary N) is 1. The van der Waals surface area contributed by atoms with Crippen LogP contribution in [-0.2, 0) is 0 Å². The second-order valence-electron chi connectivity index (χ2n) is 1.09. The van der Waals surface area contributed by atoms with Crippen LogP contribution >= 0.6 is 36.3 Å². The maximum absolute atomic E-state index is 5.44. The van der Waals surface area contributed by atoms with E-state index in [9.17, 15) is 0 Å². The standard InChI is InChI=1S/C2H6N2S3/c3-1-6-2(5)4-7-1/h1-2,4-5H,3H2. The van der Waals surface area contributed by atoms with E-state index < -0.39 is 0 Å². The lowest BCUT2D eigenvalue weighted by Gasteiger charge is -1.93. The minimum absolute atomic E-state index is 0.169. The van der Waals surface area contributed by atoms with E-state index in [0.29, 0.717) is 0 Å². The highest BCUT2D eigenvalue weighted by molar-refractivity contribution is 8.24. The fourth-order valence-corrected chi connectivity index (χ4v) is 2.75. The molecule has 1 heterocycles. The van der Waals surface area contributed by atoms with E-state index in [4.69, 9.17) is 5.73 Å². The highest BCUT2D eigenvalue weighted by atomic mass is 32.2. The molecule has 0 radical (unpaired) electrons. The Bertz CT molecular complexity index is 60.0. The number of hydrogen-bond acceptors (Lipinski definition) is 5. The van der Waals surface area contributed by atoms with Crippen LogP contribution < -0.4 is 10.5 Å². The first-order valence-electron chi connectivity index (χ1n) is 1.79. The van der Waals surface area contributed by atoms with Crippen LogP contribution in [0.3, 0.4) is 0 Å². The highest BCUT2D eigenvalue weighted by Gasteiger charge is 2.17. The summed E-state index contributed by atoms with van der Waals surface area (Å²) in [4.78, 5) is 0. The van der Waals surface area contributed by atoms with Crippen molar-refractivity contribution in [1.29, 1.82) is 0 Å². The lowest BCUT2D eigenvalue weighted by Crippen LogP contribution is -2.05. The molecule has 0 aliphatic carbocycles. The molecule has 0 aromatic rings. The van der Waals surface area contributed by atoms with Gasteiger partial charge in [-0.3, -0.25) is 0 Å². The number of hydrogen-bond donors (Lipinski definition) is 3. The van der Waals surface area contributed by atoms with Gasteiger partial charge in [0.1, 0.15) is 9.41 Å². The average Bonchev–Trinajstić information content (AvgIpc) is 1.87. The van der Waals surface area contributed by atoms with Gasteiger partial charge in [-0.25, -0.2) is 4.72 Å². The van der Waals surface area contributed by atoms with Gasteiger partial charge in [0.15, 0.2) is 0 Å². The molecular formula is C2H6N2S3. The van der Waals surface area contributed by atoms with Crippen molar-refractivity contribution in [3.8, 4) is 0 Å². The van der Waals surface area contributed by atoms with Gasteiger partial charge in [0.25, 0.3) is 0 Å². The van der Waals surface area contributed by atoms with Crippen LogP contribution in [0.1, 0.15) is 0 Å². The molecule has 1 aliphatic rings. The monoisotopic (exact) mass is 154 g/mol. The summed E-state index contributed by atoms with van der Waals surface area (Å²) >= 11 is 7.24. The molecule has 42 valence electrons. The normalized spacial score (nSPS) is 42.0. The molecule has 1 fully saturated rings. The molecule has 0 spiro atoms. The van der Waals surface area contributed by atoms with Crippen molar-refractivity contribution in [3.05, 3.63) is 0 Å². The first kappa shape index (κ1) is 6.10. The summed E-state index contributed by atoms with van der Waals surface area (Å²) in [5, 5.41) is 0. The second kappa shape index (κ2) is 2.50. The molecule has 2 nitrogen and oxygen atoms in total. The van der Waals surface area contributed by atoms with Crippen LogP contribution in [-0.4, -0.2) is 9.41 Å². The van der Waals surface area contributed by atoms with Crippen molar-refractivity contribution >= 4 is 36.3 Å². The molecule has 7 heavy (non-hydrogen) atoms. The van der Waals surface area contributed by atoms with E-state index in [1.165, 1.54) is 11.9 Å². The van der Waals surface area contributed by atoms with E-state index in [1.807, 2.05) is 0 Å². The van der Waals surface area contributed by atoms with Crippen LogP contribution in [0.25, 0.3) is 0 Å². The summed E-state index contributed by atoms with van der Waals surface area (Å²) < 4.78 is 3.38. The first-order valence-corrected chi connectivity index (χ1v) is 4.13. The summed E-state index contributed by atoms with van der Waals surface area (Å²) in [5.74, 6) is 0. The summed E-state index contributed by atoms with van der Waals surface area (Å²) in [6, 6.07) is 0. The van der Waals surface area contributed by atoms with Crippen LogP contribution in [0.15, 0.2) is 0 Å². The van der Waals surface area contributed by atoms with Gasteiger partial charge >= 0.3 is 0 Å². The fraction of sp³-hybridized carbons (Fsp3) is 1.00. The maximum Gasteiger partial charge on any atom is 0.114 e. The Balaban J connectivity index is 2.26. The van der Waals surface area contributed by atoms with Crippen LogP contribution in [0.2, 0.25) is 0 Å². The topological polar surface area (TPSA) is 38.0 Å². The van der Waals surface area contributed by atoms with Gasteiger partial charge in [-0.05, 0) is 11.9 Å². The second-order valence-corrected chi connectivity index (χ2v) is 4.49. The summed E-state index contributed by atoms with van der Waals surface area (Å²) in [6.07, 6.45) is 0. The Hall–Kier alpha value is 0.970. The SMILES string of the molecule is NC1SNC(S)S1. The van der Waals surface area contributed by atoms with Crippen molar-refractivity contribution in [2.75, 3.05) is 0 Å². The van der Waals surface area contributed by atoms with E-state index >= 15 is 0 Å². The summed E-state index contributed by atoms with van der Waals surface area (Å²) in [6.45, 7) is 0.